The number of unbranched alkanes of at least 4 members (excludes halogenated alkanes) is 1. The summed E-state index contributed by atoms with van der Waals surface area (Å²) >= 11 is 0. The van der Waals surface area contributed by atoms with Gasteiger partial charge >= 0.3 is 0 Å². The fraction of sp³-hybridized carbons (Fsp3) is 0.238. The molecule has 0 spiro atoms. The normalized spacial score (nSPS) is 10.5. The van der Waals surface area contributed by atoms with E-state index in [1.165, 1.54) is 5.56 Å². The third-order valence-electron chi connectivity index (χ3n) is 4.10. The predicted octanol–water partition coefficient (Wildman–Crippen LogP) is 4.55. The highest BCUT2D eigenvalue weighted by atomic mass is 15.1. The summed E-state index contributed by atoms with van der Waals surface area (Å²) < 4.78 is 0. The molecule has 0 amide bonds. The van der Waals surface area contributed by atoms with E-state index in [-0.39, 0.29) is 0 Å². The monoisotopic (exact) mass is 347 g/mol. The third-order valence-corrected chi connectivity index (χ3v) is 4.10. The number of nitrogens with two attached hydrogens (primary N) is 1. The molecule has 134 valence electrons. The van der Waals surface area contributed by atoms with Crippen LogP contribution in [-0.4, -0.2) is 16.5 Å². The van der Waals surface area contributed by atoms with Crippen molar-refractivity contribution in [3.63, 3.8) is 0 Å². The highest BCUT2D eigenvalue weighted by Crippen LogP contribution is 2.28. The van der Waals surface area contributed by atoms with Crippen molar-refractivity contribution >= 4 is 17.3 Å². The summed E-state index contributed by atoms with van der Waals surface area (Å²) in [6.07, 6.45) is 2.18. The summed E-state index contributed by atoms with van der Waals surface area (Å²) in [5.41, 5.74) is 9.02. The van der Waals surface area contributed by atoms with E-state index in [4.69, 9.17) is 5.73 Å². The first-order chi connectivity index (χ1) is 12.8. The molecule has 2 aromatic carbocycles. The van der Waals surface area contributed by atoms with Gasteiger partial charge in [0.05, 0.1) is 0 Å². The minimum absolute atomic E-state index is 0.553. The summed E-state index contributed by atoms with van der Waals surface area (Å²) in [5, 5.41) is 6.70. The van der Waals surface area contributed by atoms with E-state index >= 15 is 0 Å². The zero-order valence-corrected chi connectivity index (χ0v) is 15.1. The van der Waals surface area contributed by atoms with Gasteiger partial charge in [-0.15, -0.1) is 0 Å². The topological polar surface area (TPSA) is 75.9 Å². The van der Waals surface area contributed by atoms with Crippen molar-refractivity contribution in [1.29, 1.82) is 0 Å². The summed E-state index contributed by atoms with van der Waals surface area (Å²) in [6, 6.07) is 20.1. The van der Waals surface area contributed by atoms with Gasteiger partial charge in [-0.3, -0.25) is 0 Å². The Kier molecular flexibility index (Phi) is 6.04. The van der Waals surface area contributed by atoms with Gasteiger partial charge in [0.15, 0.2) is 17.5 Å². The Morgan fingerprint density at radius 2 is 1.46 bits per heavy atom. The lowest BCUT2D eigenvalue weighted by Crippen LogP contribution is -2.12. The molecular formula is C21H25N5. The van der Waals surface area contributed by atoms with Crippen LogP contribution in [0.5, 0.6) is 0 Å². The average Bonchev–Trinajstić information content (AvgIpc) is 2.70. The van der Waals surface area contributed by atoms with E-state index in [0.717, 1.165) is 24.9 Å². The number of nitrogen functional groups attached to an aromatic ring is 1. The SMILES string of the molecule is CCCCNc1nc(-c2ccccc2)nc(NCc2ccccc2)c1N. The fourth-order valence-electron chi connectivity index (χ4n) is 2.62. The molecule has 3 rings (SSSR count). The van der Waals surface area contributed by atoms with Crippen molar-refractivity contribution in [3.8, 4) is 11.4 Å². The van der Waals surface area contributed by atoms with Gasteiger partial charge < -0.3 is 16.4 Å². The molecule has 0 saturated carbocycles. The number of aromatic nitrogens is 2. The molecule has 5 heteroatoms. The smallest absolute Gasteiger partial charge is 0.164 e. The quantitative estimate of drug-likeness (QED) is 0.521. The number of benzene rings is 2. The van der Waals surface area contributed by atoms with Gasteiger partial charge in [0.2, 0.25) is 0 Å². The van der Waals surface area contributed by atoms with E-state index in [9.17, 15) is 0 Å². The Hall–Kier alpha value is -3.08. The summed E-state index contributed by atoms with van der Waals surface area (Å²) in [7, 11) is 0. The number of anilines is 3. The number of nitrogens with zero attached hydrogens (tertiary/aromatic N) is 2. The van der Waals surface area contributed by atoms with Crippen LogP contribution in [0, 0.1) is 0 Å². The fourth-order valence-corrected chi connectivity index (χ4v) is 2.62. The molecule has 0 aliphatic heterocycles. The van der Waals surface area contributed by atoms with Gasteiger partial charge in [0.1, 0.15) is 5.69 Å². The second kappa shape index (κ2) is 8.85. The van der Waals surface area contributed by atoms with Gasteiger partial charge in [-0.25, -0.2) is 9.97 Å². The second-order valence-electron chi connectivity index (χ2n) is 6.14. The van der Waals surface area contributed by atoms with E-state index in [0.29, 0.717) is 29.7 Å². The third kappa shape index (κ3) is 4.51. The molecular weight excluding hydrogens is 322 g/mol. The predicted molar refractivity (Wildman–Crippen MR) is 109 cm³/mol. The minimum Gasteiger partial charge on any atom is -0.393 e. The first kappa shape index (κ1) is 17.7. The molecule has 1 aromatic heterocycles. The molecule has 3 aromatic rings. The Bertz CT molecular complexity index is 819. The molecule has 4 N–H and O–H groups in total. The summed E-state index contributed by atoms with van der Waals surface area (Å²) in [6.45, 7) is 3.65. The molecule has 0 unspecified atom stereocenters. The maximum absolute atomic E-state index is 6.33. The molecule has 0 radical (unpaired) electrons. The Morgan fingerprint density at radius 3 is 2.12 bits per heavy atom. The lowest BCUT2D eigenvalue weighted by molar-refractivity contribution is 0.831. The van der Waals surface area contributed by atoms with E-state index in [1.807, 2.05) is 48.5 Å². The highest BCUT2D eigenvalue weighted by Gasteiger charge is 2.13. The second-order valence-corrected chi connectivity index (χ2v) is 6.14. The molecule has 0 fully saturated rings. The van der Waals surface area contributed by atoms with Gasteiger partial charge in [-0.05, 0) is 12.0 Å². The Balaban J connectivity index is 1.89. The first-order valence-corrected chi connectivity index (χ1v) is 9.02. The number of nitrogens with one attached hydrogen (secondary N) is 2. The molecule has 0 aliphatic carbocycles. The van der Waals surface area contributed by atoms with Crippen LogP contribution in [-0.2, 0) is 6.54 Å². The Labute approximate surface area is 154 Å². The van der Waals surface area contributed by atoms with Gasteiger partial charge in [-0.1, -0.05) is 74.0 Å². The van der Waals surface area contributed by atoms with E-state index in [1.54, 1.807) is 0 Å². The van der Waals surface area contributed by atoms with Crippen LogP contribution in [0.4, 0.5) is 17.3 Å². The number of rotatable bonds is 8. The van der Waals surface area contributed by atoms with Gasteiger partial charge in [0.25, 0.3) is 0 Å². The first-order valence-electron chi connectivity index (χ1n) is 9.02. The van der Waals surface area contributed by atoms with Crippen LogP contribution in [0.1, 0.15) is 25.3 Å². The molecule has 1 heterocycles. The molecule has 0 bridgehead atoms. The van der Waals surface area contributed by atoms with Crippen molar-refractivity contribution in [2.24, 2.45) is 0 Å². The zero-order valence-electron chi connectivity index (χ0n) is 15.1. The van der Waals surface area contributed by atoms with Crippen LogP contribution >= 0.6 is 0 Å². The molecule has 26 heavy (non-hydrogen) atoms. The van der Waals surface area contributed by atoms with Crippen molar-refractivity contribution in [1.82, 2.24) is 9.97 Å². The molecule has 0 atom stereocenters. The van der Waals surface area contributed by atoms with Crippen LogP contribution in [0.25, 0.3) is 11.4 Å². The highest BCUT2D eigenvalue weighted by molar-refractivity contribution is 5.77. The number of hydrogen-bond donors (Lipinski definition) is 3. The van der Waals surface area contributed by atoms with Crippen molar-refractivity contribution in [2.75, 3.05) is 22.9 Å². The van der Waals surface area contributed by atoms with Gasteiger partial charge in [-0.2, -0.15) is 0 Å². The van der Waals surface area contributed by atoms with Crippen LogP contribution in [0.2, 0.25) is 0 Å². The van der Waals surface area contributed by atoms with Crippen LogP contribution < -0.4 is 16.4 Å². The van der Waals surface area contributed by atoms with Crippen molar-refractivity contribution < 1.29 is 0 Å². The average molecular weight is 347 g/mol. The number of hydrogen-bond acceptors (Lipinski definition) is 5. The van der Waals surface area contributed by atoms with Gasteiger partial charge in [0, 0.05) is 18.7 Å². The molecule has 0 aliphatic rings. The molecule has 5 nitrogen and oxygen atoms in total. The summed E-state index contributed by atoms with van der Waals surface area (Å²) in [5.74, 6) is 2.00. The lowest BCUT2D eigenvalue weighted by Gasteiger charge is -2.15. The van der Waals surface area contributed by atoms with E-state index in [2.05, 4.69) is 39.7 Å². The Morgan fingerprint density at radius 1 is 0.846 bits per heavy atom. The standard InChI is InChI=1S/C21H25N5/c1-2-3-14-23-20-18(22)21(24-15-16-10-6-4-7-11-16)26-19(25-20)17-12-8-5-9-13-17/h4-13H,2-3,14-15,22H2,1H3,(H2,23,24,25,26). The molecule has 0 saturated heterocycles. The van der Waals surface area contributed by atoms with Crippen molar-refractivity contribution in [2.45, 2.75) is 26.3 Å². The minimum atomic E-state index is 0.553. The maximum Gasteiger partial charge on any atom is 0.164 e. The largest absolute Gasteiger partial charge is 0.393 e. The van der Waals surface area contributed by atoms with Crippen molar-refractivity contribution in [3.05, 3.63) is 66.2 Å². The summed E-state index contributed by atoms with van der Waals surface area (Å²) in [4.78, 5) is 9.30. The van der Waals surface area contributed by atoms with Crippen LogP contribution in [0.15, 0.2) is 60.7 Å². The van der Waals surface area contributed by atoms with E-state index < -0.39 is 0 Å². The zero-order chi connectivity index (χ0) is 18.2. The van der Waals surface area contributed by atoms with Crippen LogP contribution in [0.3, 0.4) is 0 Å². The maximum atomic E-state index is 6.33. The lowest BCUT2D eigenvalue weighted by atomic mass is 10.2.